The van der Waals surface area contributed by atoms with E-state index in [1.54, 1.807) is 0 Å². The number of rotatable bonds is 1. The molecule has 0 fully saturated rings. The molecule has 0 atom stereocenters. The molecule has 84 valence electrons. The van der Waals surface area contributed by atoms with Gasteiger partial charge in [0.25, 0.3) is 0 Å². The number of alkyl halides is 3. The van der Waals surface area contributed by atoms with Gasteiger partial charge in [-0.05, 0) is 31.2 Å². The Kier molecular flexibility index (Phi) is 2.40. The zero-order chi connectivity index (χ0) is 11.1. The van der Waals surface area contributed by atoms with Gasteiger partial charge in [-0.1, -0.05) is 0 Å². The molecule has 0 saturated carbocycles. The topological polar surface area (TPSA) is 14.2 Å². The van der Waals surface area contributed by atoms with E-state index in [0.717, 1.165) is 19.0 Å². The Balaban J connectivity index is 2.52. The lowest BCUT2D eigenvalue weighted by Crippen LogP contribution is -2.12. The molecule has 15 heavy (non-hydrogen) atoms. The van der Waals surface area contributed by atoms with Gasteiger partial charge in [-0.3, -0.25) is 0 Å². The van der Waals surface area contributed by atoms with Crippen LogP contribution in [0.2, 0.25) is 0 Å². The van der Waals surface area contributed by atoms with E-state index in [9.17, 15) is 13.2 Å². The quantitative estimate of drug-likeness (QED) is 0.707. The van der Waals surface area contributed by atoms with Crippen molar-refractivity contribution in [3.63, 3.8) is 0 Å². The van der Waals surface area contributed by atoms with Crippen LogP contribution in [0.4, 0.5) is 13.2 Å². The van der Waals surface area contributed by atoms with Crippen molar-refractivity contribution in [3.05, 3.63) is 23.0 Å². The third-order valence-electron chi connectivity index (χ3n) is 2.78. The smallest absolute Gasteiger partial charge is 0.417 e. The summed E-state index contributed by atoms with van der Waals surface area (Å²) in [5, 5.41) is 0. The van der Waals surface area contributed by atoms with Gasteiger partial charge in [-0.25, -0.2) is 0 Å². The third-order valence-corrected chi connectivity index (χ3v) is 2.78. The fraction of sp³-hybridized carbons (Fsp3) is 0.600. The van der Waals surface area contributed by atoms with Crippen LogP contribution in [0.25, 0.3) is 0 Å². The maximum atomic E-state index is 12.7. The van der Waals surface area contributed by atoms with E-state index in [-0.39, 0.29) is 0 Å². The van der Waals surface area contributed by atoms with Crippen molar-refractivity contribution < 1.29 is 18.0 Å². The Morgan fingerprint density at radius 3 is 2.53 bits per heavy atom. The molecule has 1 aromatic heterocycles. The Bertz CT molecular complexity index is 367. The molecule has 5 heteroatoms. The maximum absolute atomic E-state index is 12.7. The monoisotopic (exact) mass is 219 g/mol. The van der Waals surface area contributed by atoms with E-state index in [1.807, 2.05) is 0 Å². The van der Waals surface area contributed by atoms with Gasteiger partial charge >= 0.3 is 6.18 Å². The summed E-state index contributed by atoms with van der Waals surface area (Å²) in [6.07, 6.45) is -0.303. The number of nitrogens with zero attached hydrogens (tertiary/aromatic N) is 1. The standard InChI is InChI=1S/C10H12F3NO/c1-15-14-6-8(10(11,12)13)7-4-2-3-5-9(7)14/h6H,2-5H2,1H3. The molecule has 1 heterocycles. The Morgan fingerprint density at radius 2 is 1.93 bits per heavy atom. The summed E-state index contributed by atoms with van der Waals surface area (Å²) in [6, 6.07) is 0. The van der Waals surface area contributed by atoms with Crippen LogP contribution in [0.5, 0.6) is 0 Å². The molecule has 0 radical (unpaired) electrons. The van der Waals surface area contributed by atoms with Crippen LogP contribution in [0.3, 0.4) is 0 Å². The van der Waals surface area contributed by atoms with E-state index in [4.69, 9.17) is 4.84 Å². The summed E-state index contributed by atoms with van der Waals surface area (Å²) in [7, 11) is 1.38. The lowest BCUT2D eigenvalue weighted by atomic mass is 9.95. The molecule has 2 rings (SSSR count). The Morgan fingerprint density at radius 1 is 1.27 bits per heavy atom. The summed E-state index contributed by atoms with van der Waals surface area (Å²) in [4.78, 5) is 4.91. The average Bonchev–Trinajstić information content (AvgIpc) is 2.55. The molecule has 1 aromatic rings. The SMILES string of the molecule is COn1cc(C(F)(F)F)c2c1CCCC2. The molecule has 2 nitrogen and oxygen atoms in total. The number of halogens is 3. The molecule has 1 aliphatic carbocycles. The first-order valence-corrected chi connectivity index (χ1v) is 4.89. The van der Waals surface area contributed by atoms with Crippen molar-refractivity contribution >= 4 is 0 Å². The highest BCUT2D eigenvalue weighted by atomic mass is 19.4. The predicted octanol–water partition coefficient (Wildman–Crippen LogP) is 2.44. The number of fused-ring (bicyclic) bond motifs is 1. The Labute approximate surface area is 85.6 Å². The highest BCUT2D eigenvalue weighted by Crippen LogP contribution is 2.37. The summed E-state index contributed by atoms with van der Waals surface area (Å²) < 4.78 is 39.2. The van der Waals surface area contributed by atoms with Crippen molar-refractivity contribution in [1.82, 2.24) is 4.73 Å². The van der Waals surface area contributed by atoms with Gasteiger partial charge in [-0.15, -0.1) is 0 Å². The molecular weight excluding hydrogens is 207 g/mol. The van der Waals surface area contributed by atoms with Gasteiger partial charge in [0.1, 0.15) is 7.11 Å². The van der Waals surface area contributed by atoms with Crippen LogP contribution in [0, 0.1) is 0 Å². The molecule has 0 aliphatic heterocycles. The largest absolute Gasteiger partial charge is 0.418 e. The fourth-order valence-electron chi connectivity index (χ4n) is 2.10. The van der Waals surface area contributed by atoms with E-state index in [1.165, 1.54) is 11.8 Å². The highest BCUT2D eigenvalue weighted by Gasteiger charge is 2.37. The second-order valence-corrected chi connectivity index (χ2v) is 3.68. The average molecular weight is 219 g/mol. The van der Waals surface area contributed by atoms with Crippen LogP contribution in [-0.2, 0) is 19.0 Å². The normalized spacial score (nSPS) is 16.3. The van der Waals surface area contributed by atoms with Gasteiger partial charge in [0.15, 0.2) is 0 Å². The van der Waals surface area contributed by atoms with Gasteiger partial charge in [0, 0.05) is 0 Å². The lowest BCUT2D eigenvalue weighted by Gasteiger charge is -2.15. The lowest BCUT2D eigenvalue weighted by molar-refractivity contribution is -0.138. The maximum Gasteiger partial charge on any atom is 0.418 e. The molecule has 0 aromatic carbocycles. The van der Waals surface area contributed by atoms with Gasteiger partial charge < -0.3 is 4.84 Å². The zero-order valence-corrected chi connectivity index (χ0v) is 8.40. The van der Waals surface area contributed by atoms with E-state index in [2.05, 4.69) is 0 Å². The first-order valence-electron chi connectivity index (χ1n) is 4.89. The minimum Gasteiger partial charge on any atom is -0.417 e. The summed E-state index contributed by atoms with van der Waals surface area (Å²) in [5.74, 6) is 0. The molecule has 0 bridgehead atoms. The third kappa shape index (κ3) is 1.70. The molecule has 0 saturated heterocycles. The second kappa shape index (κ2) is 3.47. The number of hydrogen-bond donors (Lipinski definition) is 0. The zero-order valence-electron chi connectivity index (χ0n) is 8.40. The fourth-order valence-corrected chi connectivity index (χ4v) is 2.10. The molecular formula is C10H12F3NO. The van der Waals surface area contributed by atoms with Crippen molar-refractivity contribution in [1.29, 1.82) is 0 Å². The van der Waals surface area contributed by atoms with Crippen LogP contribution in [0.1, 0.15) is 29.7 Å². The van der Waals surface area contributed by atoms with Crippen LogP contribution < -0.4 is 4.84 Å². The summed E-state index contributed by atoms with van der Waals surface area (Å²) in [5.41, 5.74) is 0.547. The molecule has 0 spiro atoms. The number of hydrogen-bond acceptors (Lipinski definition) is 1. The number of aromatic nitrogens is 1. The molecule has 0 amide bonds. The van der Waals surface area contributed by atoms with Gasteiger partial charge in [0.2, 0.25) is 0 Å². The van der Waals surface area contributed by atoms with Crippen molar-refractivity contribution in [2.45, 2.75) is 31.9 Å². The molecule has 1 aliphatic rings. The van der Waals surface area contributed by atoms with E-state index >= 15 is 0 Å². The van der Waals surface area contributed by atoms with Gasteiger partial charge in [-0.2, -0.15) is 17.9 Å². The van der Waals surface area contributed by atoms with Crippen molar-refractivity contribution in [2.75, 3.05) is 7.11 Å². The first kappa shape index (κ1) is 10.4. The van der Waals surface area contributed by atoms with Gasteiger partial charge in [0.05, 0.1) is 17.5 Å². The summed E-state index contributed by atoms with van der Waals surface area (Å²) >= 11 is 0. The van der Waals surface area contributed by atoms with E-state index < -0.39 is 11.7 Å². The highest BCUT2D eigenvalue weighted by molar-refractivity contribution is 5.35. The van der Waals surface area contributed by atoms with E-state index in [0.29, 0.717) is 24.1 Å². The summed E-state index contributed by atoms with van der Waals surface area (Å²) in [6.45, 7) is 0. The van der Waals surface area contributed by atoms with Crippen molar-refractivity contribution in [3.8, 4) is 0 Å². The first-order chi connectivity index (χ1) is 7.04. The van der Waals surface area contributed by atoms with Crippen LogP contribution in [0.15, 0.2) is 6.20 Å². The van der Waals surface area contributed by atoms with Crippen molar-refractivity contribution in [2.24, 2.45) is 0 Å². The molecule has 0 unspecified atom stereocenters. The van der Waals surface area contributed by atoms with Crippen LogP contribution >= 0.6 is 0 Å². The Hall–Kier alpha value is -1.13. The van der Waals surface area contributed by atoms with Crippen LogP contribution in [-0.4, -0.2) is 11.8 Å². The minimum atomic E-state index is -4.27. The minimum absolute atomic E-state index is 0.413. The molecule has 0 N–H and O–H groups in total. The predicted molar refractivity (Wildman–Crippen MR) is 48.6 cm³/mol. The second-order valence-electron chi connectivity index (χ2n) is 3.68.